The highest BCUT2D eigenvalue weighted by molar-refractivity contribution is 7.09. The van der Waals surface area contributed by atoms with Crippen molar-refractivity contribution in [3.63, 3.8) is 0 Å². The van der Waals surface area contributed by atoms with Gasteiger partial charge in [-0.25, -0.2) is 0 Å². The van der Waals surface area contributed by atoms with Gasteiger partial charge in [-0.3, -0.25) is 72.2 Å². The molecule has 1 fully saturated rings. The second kappa shape index (κ2) is 56.7. The van der Waals surface area contributed by atoms with Crippen LogP contribution in [0.15, 0.2) is 0 Å². The van der Waals surface area contributed by atoms with Gasteiger partial charge < -0.3 is 92.0 Å². The molecule has 34 heteroatoms. The standard InChI is InChI=1S/C63H118N15O18P/c1-9-17-18-47(79)35-76(36-51(82)66-21-12-4)29-26-71-57(88)43-93-62-61(92-42-56(87)72-27-30-77(37-52(83)67-22-13-5)38-53(84)68-23-14-6)60(91-44-59(90)75-33-46(32-49(80)64-19-10-2)74-34-50(81)65-20-11-3)48(41-95-97)96-63(62)94-45-58(89)73-28-31-78(39-54(85)69-24-15-7)40-55(86)70-25-16-8/h46,48,60-63,74H,9-45,97H2,1-8H3,(H,64,80)(H,65,81)(H,66,82)(H,67,83)(H,68,84)(H,69,85)(H,70,86)(H,71,88)(H,72,87)(H,73,89)(H,75,90). The molecule has 558 valence electrons. The molecule has 7 unspecified atom stereocenters. The van der Waals surface area contributed by atoms with E-state index in [1.165, 1.54) is 0 Å². The van der Waals surface area contributed by atoms with Crippen molar-refractivity contribution in [2.45, 2.75) is 163 Å². The summed E-state index contributed by atoms with van der Waals surface area (Å²) >= 11 is 0. The van der Waals surface area contributed by atoms with Crippen LogP contribution in [-0.4, -0.2) is 293 Å². The van der Waals surface area contributed by atoms with E-state index in [-0.39, 0.29) is 152 Å². The fourth-order valence-corrected chi connectivity index (χ4v) is 9.48. The van der Waals surface area contributed by atoms with Crippen LogP contribution in [0.2, 0.25) is 0 Å². The predicted molar refractivity (Wildman–Crippen MR) is 365 cm³/mol. The number of unbranched alkanes of at least 4 members (excludes halogenated alkanes) is 1. The highest BCUT2D eigenvalue weighted by atomic mass is 31.0. The van der Waals surface area contributed by atoms with Crippen LogP contribution in [0, 0.1) is 0 Å². The zero-order valence-electron chi connectivity index (χ0n) is 58.9. The summed E-state index contributed by atoms with van der Waals surface area (Å²) < 4.78 is 37.1. The van der Waals surface area contributed by atoms with Crippen LogP contribution in [0.1, 0.15) is 126 Å². The molecule has 1 saturated heterocycles. The smallest absolute Gasteiger partial charge is 0.246 e. The number of Topliss-reactive ketones (excluding diaryl/α,β-unsaturated/α-hetero) is 1. The molecule has 1 rings (SSSR count). The second-order valence-corrected chi connectivity index (χ2v) is 23.7. The number of carbonyl (C=O) groups is 12. The Morgan fingerprint density at radius 1 is 0.381 bits per heavy atom. The zero-order valence-corrected chi connectivity index (χ0v) is 60.0. The number of ether oxygens (including phenoxy) is 5. The summed E-state index contributed by atoms with van der Waals surface area (Å²) in [7, 11) is 2.08. The Balaban J connectivity index is 3.85. The lowest BCUT2D eigenvalue weighted by Gasteiger charge is -2.45. The van der Waals surface area contributed by atoms with E-state index in [1.807, 2.05) is 55.4 Å². The van der Waals surface area contributed by atoms with Crippen LogP contribution >= 0.6 is 9.47 Å². The summed E-state index contributed by atoms with van der Waals surface area (Å²) in [5.74, 6) is -5.06. The number of ketones is 1. The summed E-state index contributed by atoms with van der Waals surface area (Å²) in [6.07, 6.45) is -0.819. The fraction of sp³-hybridized carbons (Fsp3) is 0.810. The Morgan fingerprint density at radius 3 is 1.11 bits per heavy atom. The largest absolute Gasteiger partial charge is 0.363 e. The number of hydrogen-bond acceptors (Lipinski definition) is 22. The first-order valence-corrected chi connectivity index (χ1v) is 35.0. The van der Waals surface area contributed by atoms with Gasteiger partial charge in [0.15, 0.2) is 6.29 Å². The van der Waals surface area contributed by atoms with Crippen molar-refractivity contribution in [2.75, 3.05) is 170 Å². The van der Waals surface area contributed by atoms with Crippen LogP contribution in [0.3, 0.4) is 0 Å². The van der Waals surface area contributed by atoms with Gasteiger partial charge in [-0.15, -0.1) is 0 Å². The van der Waals surface area contributed by atoms with E-state index in [9.17, 15) is 57.5 Å². The number of nitrogens with zero attached hydrogens (tertiary/aromatic N) is 3. The topological polar surface area (TPSA) is 414 Å². The van der Waals surface area contributed by atoms with Crippen molar-refractivity contribution in [1.29, 1.82) is 0 Å². The molecule has 12 N–H and O–H groups in total. The maximum Gasteiger partial charge on any atom is 0.246 e. The van der Waals surface area contributed by atoms with Gasteiger partial charge in [0.05, 0.1) is 52.4 Å². The Morgan fingerprint density at radius 2 is 0.722 bits per heavy atom. The van der Waals surface area contributed by atoms with Crippen molar-refractivity contribution >= 4 is 80.2 Å². The summed E-state index contributed by atoms with van der Waals surface area (Å²) in [4.78, 5) is 163. The Kier molecular flexibility index (Phi) is 52.0. The molecule has 7 atom stereocenters. The van der Waals surface area contributed by atoms with Crippen LogP contribution in [0.4, 0.5) is 0 Å². The van der Waals surface area contributed by atoms with Crippen molar-refractivity contribution in [3.8, 4) is 0 Å². The highest BCUT2D eigenvalue weighted by Crippen LogP contribution is 2.30. The second-order valence-electron chi connectivity index (χ2n) is 23.4. The minimum absolute atomic E-state index is 0.0358. The van der Waals surface area contributed by atoms with Gasteiger partial charge in [-0.1, -0.05) is 61.8 Å². The molecule has 0 bridgehead atoms. The van der Waals surface area contributed by atoms with E-state index in [2.05, 4.69) is 73.3 Å². The zero-order chi connectivity index (χ0) is 72.0. The van der Waals surface area contributed by atoms with Crippen molar-refractivity contribution in [2.24, 2.45) is 0 Å². The Hall–Kier alpha value is -6.13. The van der Waals surface area contributed by atoms with Gasteiger partial charge >= 0.3 is 0 Å². The minimum Gasteiger partial charge on any atom is -0.363 e. The Bertz CT molecular complexity index is 2250. The third-order valence-electron chi connectivity index (χ3n) is 14.3. The van der Waals surface area contributed by atoms with Gasteiger partial charge in [0.2, 0.25) is 65.0 Å². The van der Waals surface area contributed by atoms with Crippen LogP contribution < -0.4 is 63.8 Å². The SMILES string of the molecule is CCCCC(=O)CN(CCNC(=O)COC1C(OCC(=O)NCCN(CC(=O)NCCC)CC(=O)NCCC)OC(COP)C(OCC(=O)NCC(CC(=O)NCCC)NCC(=O)NCCC)C1OCC(=O)NCCN(CC(=O)NCCC)CC(=O)NCCC)CC(=O)NCCC. The molecule has 1 aliphatic heterocycles. The van der Waals surface area contributed by atoms with Crippen molar-refractivity contribution < 1.29 is 85.7 Å². The van der Waals surface area contributed by atoms with Crippen LogP contribution in [-0.2, 0) is 85.7 Å². The van der Waals surface area contributed by atoms with E-state index in [0.717, 1.165) is 6.42 Å². The summed E-state index contributed by atoms with van der Waals surface area (Å²) in [6.45, 7) is 14.1. The van der Waals surface area contributed by atoms with Gasteiger partial charge in [-0.2, -0.15) is 0 Å². The minimum atomic E-state index is -1.62. The average Bonchev–Trinajstić information content (AvgIpc) is 0.812. The number of amides is 11. The van der Waals surface area contributed by atoms with Crippen molar-refractivity contribution in [3.05, 3.63) is 0 Å². The van der Waals surface area contributed by atoms with E-state index < -0.39 is 86.8 Å². The molecule has 1 aliphatic rings. The van der Waals surface area contributed by atoms with Gasteiger partial charge in [0.25, 0.3) is 0 Å². The molecule has 0 radical (unpaired) electrons. The normalized spacial score (nSPS) is 16.2. The third-order valence-corrected chi connectivity index (χ3v) is 14.5. The molecular weight excluding hydrogens is 1290 g/mol. The molecule has 0 aromatic rings. The maximum atomic E-state index is 13.9. The molecule has 33 nitrogen and oxygen atoms in total. The molecule has 11 amide bonds. The summed E-state index contributed by atoms with van der Waals surface area (Å²) in [5, 5.41) is 33.5. The van der Waals surface area contributed by atoms with Gasteiger partial charge in [0.1, 0.15) is 56.6 Å². The lowest BCUT2D eigenvalue weighted by Crippen LogP contribution is -2.63. The highest BCUT2D eigenvalue weighted by Gasteiger charge is 2.50. The van der Waals surface area contributed by atoms with Crippen molar-refractivity contribution in [1.82, 2.24) is 78.5 Å². The average molecular weight is 1400 g/mol. The first-order chi connectivity index (χ1) is 46.7. The third kappa shape index (κ3) is 44.5. The number of nitrogens with one attached hydrogen (secondary N) is 12. The number of rotatable bonds is 59. The lowest BCUT2D eigenvalue weighted by atomic mass is 9.98. The lowest BCUT2D eigenvalue weighted by molar-refractivity contribution is -0.316. The molecule has 0 aliphatic carbocycles. The maximum absolute atomic E-state index is 13.9. The van der Waals surface area contributed by atoms with E-state index in [4.69, 9.17) is 28.2 Å². The van der Waals surface area contributed by atoms with Gasteiger partial charge in [-0.05, 0) is 51.4 Å². The number of carbonyl (C=O) groups excluding carboxylic acids is 12. The quantitative estimate of drug-likeness (QED) is 0.0268. The Labute approximate surface area is 575 Å². The molecule has 1 heterocycles. The summed E-state index contributed by atoms with van der Waals surface area (Å²) in [5.41, 5.74) is 0. The molecule has 0 saturated carbocycles. The molecular formula is C63H118N15O18P. The molecule has 0 aromatic heterocycles. The van der Waals surface area contributed by atoms with E-state index in [0.29, 0.717) is 104 Å². The molecule has 0 spiro atoms. The first-order valence-electron chi connectivity index (χ1n) is 34.5. The van der Waals surface area contributed by atoms with Gasteiger partial charge in [0, 0.05) is 120 Å². The van der Waals surface area contributed by atoms with E-state index in [1.54, 1.807) is 14.7 Å². The number of hydrogen-bond donors (Lipinski definition) is 12. The summed E-state index contributed by atoms with van der Waals surface area (Å²) in [6, 6.07) is -0.712. The van der Waals surface area contributed by atoms with Crippen LogP contribution in [0.5, 0.6) is 0 Å². The first kappa shape index (κ1) is 88.9. The van der Waals surface area contributed by atoms with Crippen LogP contribution in [0.25, 0.3) is 0 Å². The molecule has 97 heavy (non-hydrogen) atoms. The van der Waals surface area contributed by atoms with E-state index >= 15 is 0 Å². The fourth-order valence-electron chi connectivity index (χ4n) is 9.29. The monoisotopic (exact) mass is 1400 g/mol. The molecule has 0 aromatic carbocycles. The predicted octanol–water partition coefficient (Wildman–Crippen LogP) is -3.15.